The molecular formula is C13H18ClNO3. The van der Waals surface area contributed by atoms with Gasteiger partial charge in [0, 0.05) is 6.54 Å². The van der Waals surface area contributed by atoms with Gasteiger partial charge < -0.3 is 15.2 Å². The van der Waals surface area contributed by atoms with Gasteiger partial charge in [-0.05, 0) is 23.6 Å². The fourth-order valence-electron chi connectivity index (χ4n) is 1.61. The molecule has 18 heavy (non-hydrogen) atoms. The molecule has 0 radical (unpaired) electrons. The number of aromatic hydroxyl groups is 1. The lowest BCUT2D eigenvalue weighted by atomic mass is 10.0. The molecule has 1 atom stereocenters. The summed E-state index contributed by atoms with van der Waals surface area (Å²) < 4.78 is 4.74. The van der Waals surface area contributed by atoms with Crippen LogP contribution in [0.15, 0.2) is 18.2 Å². The lowest BCUT2D eigenvalue weighted by molar-refractivity contribution is -0.144. The second-order valence-corrected chi connectivity index (χ2v) is 4.82. The van der Waals surface area contributed by atoms with E-state index < -0.39 is 0 Å². The van der Waals surface area contributed by atoms with Crippen LogP contribution in [0.25, 0.3) is 0 Å². The van der Waals surface area contributed by atoms with Crippen molar-refractivity contribution in [2.45, 2.75) is 26.4 Å². The zero-order valence-electron chi connectivity index (χ0n) is 10.7. The Kier molecular flexibility index (Phi) is 5.44. The molecule has 4 nitrogen and oxygen atoms in total. The third-order valence-electron chi connectivity index (χ3n) is 2.66. The van der Waals surface area contributed by atoms with Crippen molar-refractivity contribution in [2.24, 2.45) is 5.92 Å². The molecular weight excluding hydrogens is 254 g/mol. The first-order valence-corrected chi connectivity index (χ1v) is 6.12. The second-order valence-electron chi connectivity index (χ2n) is 4.41. The van der Waals surface area contributed by atoms with Crippen LogP contribution in [-0.4, -0.2) is 24.2 Å². The Morgan fingerprint density at radius 3 is 2.67 bits per heavy atom. The molecule has 1 unspecified atom stereocenters. The summed E-state index contributed by atoms with van der Waals surface area (Å²) in [6, 6.07) is 4.59. The third kappa shape index (κ3) is 3.89. The Morgan fingerprint density at radius 2 is 2.17 bits per heavy atom. The van der Waals surface area contributed by atoms with Gasteiger partial charge in [-0.25, -0.2) is 0 Å². The molecule has 0 amide bonds. The van der Waals surface area contributed by atoms with Crippen molar-refractivity contribution in [1.29, 1.82) is 0 Å². The van der Waals surface area contributed by atoms with Crippen LogP contribution in [0, 0.1) is 5.92 Å². The van der Waals surface area contributed by atoms with E-state index in [1.54, 1.807) is 12.1 Å². The summed E-state index contributed by atoms with van der Waals surface area (Å²) in [6.45, 7) is 4.37. The van der Waals surface area contributed by atoms with Crippen molar-refractivity contribution in [2.75, 3.05) is 7.11 Å². The number of benzene rings is 1. The van der Waals surface area contributed by atoms with E-state index in [-0.39, 0.29) is 23.7 Å². The SMILES string of the molecule is COC(=O)C(NCc1ccc(O)c(Cl)c1)C(C)C. The number of ether oxygens (including phenoxy) is 1. The highest BCUT2D eigenvalue weighted by Crippen LogP contribution is 2.23. The van der Waals surface area contributed by atoms with Gasteiger partial charge in [-0.3, -0.25) is 4.79 Å². The lowest BCUT2D eigenvalue weighted by Gasteiger charge is -2.19. The fourth-order valence-corrected chi connectivity index (χ4v) is 1.81. The van der Waals surface area contributed by atoms with Crippen molar-refractivity contribution in [3.63, 3.8) is 0 Å². The number of carbonyl (C=O) groups excluding carboxylic acids is 1. The van der Waals surface area contributed by atoms with Crippen molar-refractivity contribution >= 4 is 17.6 Å². The molecule has 2 N–H and O–H groups in total. The maximum atomic E-state index is 11.5. The molecule has 0 aromatic heterocycles. The molecule has 1 aromatic carbocycles. The Balaban J connectivity index is 2.67. The maximum absolute atomic E-state index is 11.5. The quantitative estimate of drug-likeness (QED) is 0.807. The number of halogens is 1. The lowest BCUT2D eigenvalue weighted by Crippen LogP contribution is -2.41. The van der Waals surface area contributed by atoms with Crippen molar-refractivity contribution < 1.29 is 14.6 Å². The Hall–Kier alpha value is -1.26. The van der Waals surface area contributed by atoms with E-state index in [2.05, 4.69) is 5.32 Å². The minimum atomic E-state index is -0.359. The van der Waals surface area contributed by atoms with E-state index in [1.165, 1.54) is 13.2 Å². The summed E-state index contributed by atoms with van der Waals surface area (Å²) in [5, 5.41) is 12.7. The van der Waals surface area contributed by atoms with E-state index in [0.29, 0.717) is 11.6 Å². The van der Waals surface area contributed by atoms with Crippen LogP contribution in [0.2, 0.25) is 5.02 Å². The number of rotatable bonds is 5. The van der Waals surface area contributed by atoms with Crippen LogP contribution in [-0.2, 0) is 16.1 Å². The zero-order valence-corrected chi connectivity index (χ0v) is 11.5. The number of phenols is 1. The Morgan fingerprint density at radius 1 is 1.50 bits per heavy atom. The van der Waals surface area contributed by atoms with Crippen LogP contribution in [0.5, 0.6) is 5.75 Å². The van der Waals surface area contributed by atoms with Crippen molar-refractivity contribution in [3.05, 3.63) is 28.8 Å². The minimum absolute atomic E-state index is 0.0498. The number of hydrogen-bond acceptors (Lipinski definition) is 4. The van der Waals surface area contributed by atoms with Crippen LogP contribution < -0.4 is 5.32 Å². The van der Waals surface area contributed by atoms with Crippen LogP contribution >= 0.6 is 11.6 Å². The standard InChI is InChI=1S/C13H18ClNO3/c1-8(2)12(13(17)18-3)15-7-9-4-5-11(16)10(14)6-9/h4-6,8,12,15-16H,7H2,1-3H3. The van der Waals surface area contributed by atoms with Gasteiger partial charge in [0.2, 0.25) is 0 Å². The van der Waals surface area contributed by atoms with E-state index in [0.717, 1.165) is 5.56 Å². The minimum Gasteiger partial charge on any atom is -0.506 e. The average Bonchev–Trinajstić information content (AvgIpc) is 2.33. The topological polar surface area (TPSA) is 58.6 Å². The van der Waals surface area contributed by atoms with Gasteiger partial charge in [-0.15, -0.1) is 0 Å². The van der Waals surface area contributed by atoms with Gasteiger partial charge in [-0.2, -0.15) is 0 Å². The molecule has 0 heterocycles. The molecule has 0 aliphatic carbocycles. The predicted octanol–water partition coefficient (Wildman–Crippen LogP) is 2.33. The Labute approximate surface area is 112 Å². The molecule has 1 rings (SSSR count). The molecule has 0 fully saturated rings. The van der Waals surface area contributed by atoms with Gasteiger partial charge in [-0.1, -0.05) is 31.5 Å². The monoisotopic (exact) mass is 271 g/mol. The third-order valence-corrected chi connectivity index (χ3v) is 2.96. The van der Waals surface area contributed by atoms with E-state index in [9.17, 15) is 9.90 Å². The van der Waals surface area contributed by atoms with Gasteiger partial charge in [0.15, 0.2) is 0 Å². The largest absolute Gasteiger partial charge is 0.506 e. The molecule has 0 spiro atoms. The zero-order chi connectivity index (χ0) is 13.7. The Bertz CT molecular complexity index is 421. The number of esters is 1. The first-order chi connectivity index (χ1) is 8.45. The molecule has 0 saturated carbocycles. The van der Waals surface area contributed by atoms with Crippen LogP contribution in [0.1, 0.15) is 19.4 Å². The van der Waals surface area contributed by atoms with Gasteiger partial charge in [0.05, 0.1) is 12.1 Å². The van der Waals surface area contributed by atoms with Crippen molar-refractivity contribution in [1.82, 2.24) is 5.32 Å². The maximum Gasteiger partial charge on any atom is 0.323 e. The molecule has 5 heteroatoms. The number of phenolic OH excluding ortho intramolecular Hbond substituents is 1. The number of hydrogen-bond donors (Lipinski definition) is 2. The first-order valence-electron chi connectivity index (χ1n) is 5.74. The van der Waals surface area contributed by atoms with Gasteiger partial charge in [0.25, 0.3) is 0 Å². The molecule has 0 aliphatic heterocycles. The highest BCUT2D eigenvalue weighted by Gasteiger charge is 2.22. The summed E-state index contributed by atoms with van der Waals surface area (Å²) in [5.41, 5.74) is 0.896. The molecule has 0 bridgehead atoms. The number of methoxy groups -OCH3 is 1. The van der Waals surface area contributed by atoms with Crippen LogP contribution in [0.4, 0.5) is 0 Å². The number of nitrogens with one attached hydrogen (secondary N) is 1. The summed E-state index contributed by atoms with van der Waals surface area (Å²) >= 11 is 5.81. The van der Waals surface area contributed by atoms with E-state index in [1.807, 2.05) is 13.8 Å². The molecule has 0 saturated heterocycles. The molecule has 0 aliphatic rings. The second kappa shape index (κ2) is 6.61. The fraction of sp³-hybridized carbons (Fsp3) is 0.462. The van der Waals surface area contributed by atoms with E-state index in [4.69, 9.17) is 16.3 Å². The molecule has 100 valence electrons. The van der Waals surface area contributed by atoms with Gasteiger partial charge >= 0.3 is 5.97 Å². The predicted molar refractivity (Wildman–Crippen MR) is 70.6 cm³/mol. The summed E-state index contributed by atoms with van der Waals surface area (Å²) in [4.78, 5) is 11.5. The number of carbonyl (C=O) groups is 1. The summed E-state index contributed by atoms with van der Waals surface area (Å²) in [6.07, 6.45) is 0. The highest BCUT2D eigenvalue weighted by molar-refractivity contribution is 6.32. The first kappa shape index (κ1) is 14.8. The summed E-state index contributed by atoms with van der Waals surface area (Å²) in [7, 11) is 1.37. The smallest absolute Gasteiger partial charge is 0.323 e. The average molecular weight is 272 g/mol. The van der Waals surface area contributed by atoms with Gasteiger partial charge in [0.1, 0.15) is 11.8 Å². The normalized spacial score (nSPS) is 12.5. The van der Waals surface area contributed by atoms with Crippen LogP contribution in [0.3, 0.4) is 0 Å². The highest BCUT2D eigenvalue weighted by atomic mass is 35.5. The molecule has 1 aromatic rings. The summed E-state index contributed by atoms with van der Waals surface area (Å²) in [5.74, 6) is -0.103. The van der Waals surface area contributed by atoms with E-state index >= 15 is 0 Å². The van der Waals surface area contributed by atoms with Crippen molar-refractivity contribution in [3.8, 4) is 5.75 Å².